The highest BCUT2D eigenvalue weighted by atomic mass is 79.9. The largest absolute Gasteiger partial charge is 0.324 e. The quantitative estimate of drug-likeness (QED) is 0.852. The maximum Gasteiger partial charge on any atom is 0.142 e. The van der Waals surface area contributed by atoms with Gasteiger partial charge in [-0.2, -0.15) is 0 Å². The summed E-state index contributed by atoms with van der Waals surface area (Å²) in [4.78, 5) is 0. The standard InChI is InChI=1S/C10H13BrFN/c1-3-7-4-8(6(2)13)10(12)9(11)5-7/h4-6H,3,13H2,1-2H3. The van der Waals surface area contributed by atoms with Crippen molar-refractivity contribution in [1.29, 1.82) is 0 Å². The average Bonchev–Trinajstić information content (AvgIpc) is 2.09. The molecule has 0 saturated heterocycles. The van der Waals surface area contributed by atoms with Crippen LogP contribution in [0.25, 0.3) is 0 Å². The minimum atomic E-state index is -0.261. The van der Waals surface area contributed by atoms with Gasteiger partial charge in [-0.15, -0.1) is 0 Å². The summed E-state index contributed by atoms with van der Waals surface area (Å²) < 4.78 is 13.9. The molecule has 0 heterocycles. The Hall–Kier alpha value is -0.410. The van der Waals surface area contributed by atoms with Gasteiger partial charge in [-0.1, -0.05) is 13.0 Å². The lowest BCUT2D eigenvalue weighted by molar-refractivity contribution is 0.586. The van der Waals surface area contributed by atoms with Gasteiger partial charge in [0.05, 0.1) is 4.47 Å². The van der Waals surface area contributed by atoms with Crippen molar-refractivity contribution in [3.05, 3.63) is 33.5 Å². The van der Waals surface area contributed by atoms with Crippen LogP contribution in [0.4, 0.5) is 4.39 Å². The third-order valence-electron chi connectivity index (χ3n) is 2.01. The van der Waals surface area contributed by atoms with Crippen molar-refractivity contribution in [1.82, 2.24) is 0 Å². The number of aryl methyl sites for hydroxylation is 1. The summed E-state index contributed by atoms with van der Waals surface area (Å²) in [5.74, 6) is -0.243. The maximum absolute atomic E-state index is 13.4. The van der Waals surface area contributed by atoms with Gasteiger partial charge in [0.2, 0.25) is 0 Å². The molecule has 0 aliphatic rings. The number of benzene rings is 1. The van der Waals surface area contributed by atoms with Crippen molar-refractivity contribution in [3.8, 4) is 0 Å². The summed E-state index contributed by atoms with van der Waals surface area (Å²) in [7, 11) is 0. The highest BCUT2D eigenvalue weighted by Crippen LogP contribution is 2.25. The van der Waals surface area contributed by atoms with Gasteiger partial charge in [0, 0.05) is 11.6 Å². The molecule has 1 rings (SSSR count). The molecule has 0 aromatic heterocycles. The smallest absolute Gasteiger partial charge is 0.142 e. The topological polar surface area (TPSA) is 26.0 Å². The zero-order valence-corrected chi connectivity index (χ0v) is 9.36. The van der Waals surface area contributed by atoms with Gasteiger partial charge in [-0.3, -0.25) is 0 Å². The normalized spacial score (nSPS) is 13.0. The monoisotopic (exact) mass is 245 g/mol. The molecular formula is C10H13BrFN. The molecule has 0 saturated carbocycles. The van der Waals surface area contributed by atoms with Crippen molar-refractivity contribution in [2.75, 3.05) is 0 Å². The molecule has 1 aromatic rings. The highest BCUT2D eigenvalue weighted by Gasteiger charge is 2.11. The molecule has 0 bridgehead atoms. The van der Waals surface area contributed by atoms with E-state index in [0.717, 1.165) is 12.0 Å². The Morgan fingerprint density at radius 1 is 1.54 bits per heavy atom. The van der Waals surface area contributed by atoms with Crippen LogP contribution in [-0.4, -0.2) is 0 Å². The fraction of sp³-hybridized carbons (Fsp3) is 0.400. The zero-order valence-electron chi connectivity index (χ0n) is 7.77. The summed E-state index contributed by atoms with van der Waals surface area (Å²) in [6.45, 7) is 3.81. The minimum Gasteiger partial charge on any atom is -0.324 e. The molecule has 1 atom stereocenters. The van der Waals surface area contributed by atoms with E-state index in [1.807, 2.05) is 13.0 Å². The van der Waals surface area contributed by atoms with Gasteiger partial charge < -0.3 is 5.73 Å². The lowest BCUT2D eigenvalue weighted by atomic mass is 10.0. The summed E-state index contributed by atoms with van der Waals surface area (Å²) in [6, 6.07) is 3.36. The van der Waals surface area contributed by atoms with Crippen molar-refractivity contribution >= 4 is 15.9 Å². The molecule has 2 N–H and O–H groups in total. The molecule has 0 aliphatic carbocycles. The van der Waals surface area contributed by atoms with Crippen LogP contribution in [0.1, 0.15) is 31.0 Å². The fourth-order valence-corrected chi connectivity index (χ4v) is 1.73. The number of nitrogens with two attached hydrogens (primary N) is 1. The van der Waals surface area contributed by atoms with Gasteiger partial charge >= 0.3 is 0 Å². The van der Waals surface area contributed by atoms with Crippen LogP contribution in [-0.2, 0) is 6.42 Å². The van der Waals surface area contributed by atoms with Crippen molar-refractivity contribution in [2.45, 2.75) is 26.3 Å². The first kappa shape index (κ1) is 10.7. The molecule has 13 heavy (non-hydrogen) atoms. The third kappa shape index (κ3) is 2.29. The molecule has 1 nitrogen and oxygen atoms in total. The second kappa shape index (κ2) is 4.20. The number of hydrogen-bond acceptors (Lipinski definition) is 1. The van der Waals surface area contributed by atoms with Crippen LogP contribution in [0.5, 0.6) is 0 Å². The van der Waals surface area contributed by atoms with Gasteiger partial charge in [-0.05, 0) is 40.9 Å². The van der Waals surface area contributed by atoms with Crippen LogP contribution in [0.2, 0.25) is 0 Å². The van der Waals surface area contributed by atoms with Crippen molar-refractivity contribution in [2.24, 2.45) is 5.73 Å². The molecule has 0 spiro atoms. The van der Waals surface area contributed by atoms with E-state index >= 15 is 0 Å². The maximum atomic E-state index is 13.4. The molecule has 3 heteroatoms. The van der Waals surface area contributed by atoms with E-state index < -0.39 is 0 Å². The van der Waals surface area contributed by atoms with Gasteiger partial charge in [-0.25, -0.2) is 4.39 Å². The second-order valence-corrected chi connectivity index (χ2v) is 3.98. The van der Waals surface area contributed by atoms with Gasteiger partial charge in [0.1, 0.15) is 5.82 Å². The van der Waals surface area contributed by atoms with Crippen LogP contribution in [0.15, 0.2) is 16.6 Å². The predicted molar refractivity (Wildman–Crippen MR) is 56.1 cm³/mol. The zero-order chi connectivity index (χ0) is 10.0. The van der Waals surface area contributed by atoms with Crippen molar-refractivity contribution in [3.63, 3.8) is 0 Å². The first-order chi connectivity index (χ1) is 6.06. The third-order valence-corrected chi connectivity index (χ3v) is 2.59. The van der Waals surface area contributed by atoms with E-state index in [9.17, 15) is 4.39 Å². The van der Waals surface area contributed by atoms with E-state index in [1.165, 1.54) is 0 Å². The SMILES string of the molecule is CCc1cc(Br)c(F)c(C(C)N)c1. The Morgan fingerprint density at radius 2 is 2.15 bits per heavy atom. The van der Waals surface area contributed by atoms with Crippen LogP contribution < -0.4 is 5.73 Å². The lowest BCUT2D eigenvalue weighted by Crippen LogP contribution is -2.08. The number of hydrogen-bond donors (Lipinski definition) is 1. The Labute approximate surface area is 86.3 Å². The summed E-state index contributed by atoms with van der Waals surface area (Å²) in [5, 5.41) is 0. The number of halogens is 2. The summed E-state index contributed by atoms with van der Waals surface area (Å²) in [6.07, 6.45) is 0.888. The van der Waals surface area contributed by atoms with Crippen LogP contribution in [0.3, 0.4) is 0 Å². The van der Waals surface area contributed by atoms with Gasteiger partial charge in [0.25, 0.3) is 0 Å². The van der Waals surface area contributed by atoms with E-state index in [4.69, 9.17) is 5.73 Å². The lowest BCUT2D eigenvalue weighted by Gasteiger charge is -2.10. The van der Waals surface area contributed by atoms with E-state index in [0.29, 0.717) is 10.0 Å². The highest BCUT2D eigenvalue weighted by molar-refractivity contribution is 9.10. The Bertz CT molecular complexity index is 310. The number of rotatable bonds is 2. The molecule has 72 valence electrons. The molecule has 0 amide bonds. The summed E-state index contributed by atoms with van der Waals surface area (Å²) in [5.41, 5.74) is 7.32. The van der Waals surface area contributed by atoms with Crippen molar-refractivity contribution < 1.29 is 4.39 Å². The van der Waals surface area contributed by atoms with Gasteiger partial charge in [0.15, 0.2) is 0 Å². The Morgan fingerprint density at radius 3 is 2.62 bits per heavy atom. The van der Waals surface area contributed by atoms with E-state index in [2.05, 4.69) is 15.9 Å². The Balaban J connectivity index is 3.25. The molecule has 0 aliphatic heterocycles. The summed E-state index contributed by atoms with van der Waals surface area (Å²) >= 11 is 3.18. The minimum absolute atomic E-state index is 0.243. The first-order valence-electron chi connectivity index (χ1n) is 4.29. The molecular weight excluding hydrogens is 233 g/mol. The first-order valence-corrected chi connectivity index (χ1v) is 5.09. The van der Waals surface area contributed by atoms with E-state index in [1.54, 1.807) is 13.0 Å². The van der Waals surface area contributed by atoms with Crippen LogP contribution >= 0.6 is 15.9 Å². The van der Waals surface area contributed by atoms with Crippen LogP contribution in [0, 0.1) is 5.82 Å². The predicted octanol–water partition coefficient (Wildman–Crippen LogP) is 3.17. The second-order valence-electron chi connectivity index (χ2n) is 3.12. The Kier molecular flexibility index (Phi) is 3.45. The molecule has 1 aromatic carbocycles. The molecule has 0 fully saturated rings. The fourth-order valence-electron chi connectivity index (χ4n) is 1.20. The molecule has 1 unspecified atom stereocenters. The average molecular weight is 246 g/mol. The van der Waals surface area contributed by atoms with E-state index in [-0.39, 0.29) is 11.9 Å². The molecule has 0 radical (unpaired) electrons.